The highest BCUT2D eigenvalue weighted by molar-refractivity contribution is 7.27. The zero-order chi connectivity index (χ0) is 43.3. The average molecular weight is 869 g/mol. The molecule has 0 fully saturated rings. The summed E-state index contributed by atoms with van der Waals surface area (Å²) in [6.07, 6.45) is 3.49. The van der Waals surface area contributed by atoms with E-state index < -0.39 is 0 Å². The summed E-state index contributed by atoms with van der Waals surface area (Å²) in [5.74, 6) is 0. The number of anilines is 5. The predicted octanol–water partition coefficient (Wildman–Crippen LogP) is 16.2. The van der Waals surface area contributed by atoms with Crippen LogP contribution in [0, 0.1) is 6.92 Å². The van der Waals surface area contributed by atoms with Crippen LogP contribution in [-0.4, -0.2) is 6.85 Å². The Balaban J connectivity index is 1.14. The summed E-state index contributed by atoms with van der Waals surface area (Å²) in [5.41, 5.74) is 19.7. The number of benzene rings is 9. The van der Waals surface area contributed by atoms with Crippen LogP contribution in [0.4, 0.5) is 28.4 Å². The van der Waals surface area contributed by atoms with Gasteiger partial charge < -0.3 is 9.71 Å². The molecule has 2 nitrogen and oxygen atoms in total. The molecule has 0 radical (unpaired) electrons. The number of fused-ring (bicyclic) bond motifs is 15. The first-order valence-corrected chi connectivity index (χ1v) is 24.9. The molecule has 9 aromatic carbocycles. The Morgan fingerprint density at radius 3 is 2.08 bits per heavy atom. The van der Waals surface area contributed by atoms with Crippen molar-refractivity contribution in [3.05, 3.63) is 186 Å². The molecule has 4 heterocycles. The second-order valence-corrected chi connectivity index (χ2v) is 21.2. The SMILES string of the molecule is CCCCc1ccc(N2c3cc4sc5ccccc5c4cc3B3c4c2cc2c(sc5ccccc52)c4-c2cc4ccccc4cc2N3c2ccc3c(c2)C(C)(C)c2ccccc2-3)c(C)c1. The van der Waals surface area contributed by atoms with Gasteiger partial charge in [0, 0.05) is 85.3 Å². The summed E-state index contributed by atoms with van der Waals surface area (Å²) >= 11 is 3.87. The van der Waals surface area contributed by atoms with Gasteiger partial charge in [-0.1, -0.05) is 136 Å². The van der Waals surface area contributed by atoms with Crippen molar-refractivity contribution < 1.29 is 0 Å². The number of hydrogen-bond acceptors (Lipinski definition) is 4. The molecule has 0 bridgehead atoms. The van der Waals surface area contributed by atoms with Gasteiger partial charge in [0.25, 0.3) is 0 Å². The van der Waals surface area contributed by atoms with Crippen LogP contribution in [0.3, 0.4) is 0 Å². The van der Waals surface area contributed by atoms with Crippen molar-refractivity contribution in [2.24, 2.45) is 0 Å². The Bertz CT molecular complexity index is 3850. The number of thiophene rings is 2. The lowest BCUT2D eigenvalue weighted by Crippen LogP contribution is -2.61. The van der Waals surface area contributed by atoms with E-state index in [2.05, 4.69) is 201 Å². The molecule has 1 aliphatic carbocycles. The molecule has 3 aliphatic rings. The van der Waals surface area contributed by atoms with Gasteiger partial charge in [-0.15, -0.1) is 22.7 Å². The maximum atomic E-state index is 2.74. The molecule has 14 rings (SSSR count). The third-order valence-electron chi connectivity index (χ3n) is 15.1. The van der Waals surface area contributed by atoms with Crippen LogP contribution in [0.1, 0.15) is 55.9 Å². The Kier molecular flexibility index (Phi) is 7.94. The molecule has 0 amide bonds. The second kappa shape index (κ2) is 13.7. The Hall–Kier alpha value is -6.66. The fraction of sp³-hybridized carbons (Fsp3) is 0.133. The minimum Gasteiger partial charge on any atom is -0.376 e. The molecule has 2 aliphatic heterocycles. The van der Waals surface area contributed by atoms with Crippen LogP contribution in [0.15, 0.2) is 164 Å². The van der Waals surface area contributed by atoms with Crippen LogP contribution < -0.4 is 20.6 Å². The van der Waals surface area contributed by atoms with Crippen LogP contribution in [0.5, 0.6) is 0 Å². The normalized spacial score (nSPS) is 14.4. The lowest BCUT2D eigenvalue weighted by molar-refractivity contribution is 0.660. The van der Waals surface area contributed by atoms with Crippen molar-refractivity contribution in [1.29, 1.82) is 0 Å². The van der Waals surface area contributed by atoms with Crippen molar-refractivity contribution in [3.8, 4) is 22.3 Å². The van der Waals surface area contributed by atoms with Gasteiger partial charge in [-0.25, -0.2) is 0 Å². The molecule has 11 aromatic rings. The zero-order valence-electron chi connectivity index (χ0n) is 37.0. The summed E-state index contributed by atoms with van der Waals surface area (Å²) in [4.78, 5) is 5.40. The third kappa shape index (κ3) is 5.23. The molecule has 0 spiro atoms. The fourth-order valence-corrected chi connectivity index (χ4v) is 14.4. The Labute approximate surface area is 388 Å². The van der Waals surface area contributed by atoms with E-state index in [1.807, 2.05) is 22.7 Å². The van der Waals surface area contributed by atoms with E-state index in [9.17, 15) is 0 Å². The predicted molar refractivity (Wildman–Crippen MR) is 284 cm³/mol. The average Bonchev–Trinajstić information content (AvgIpc) is 3.96. The Morgan fingerprint density at radius 1 is 0.538 bits per heavy atom. The molecule has 0 saturated heterocycles. The van der Waals surface area contributed by atoms with Crippen molar-refractivity contribution in [2.45, 2.75) is 52.4 Å². The molecule has 5 heteroatoms. The molecular weight excluding hydrogens is 824 g/mol. The third-order valence-corrected chi connectivity index (χ3v) is 17.4. The largest absolute Gasteiger partial charge is 0.376 e. The standard InChI is InChI=1S/C60H45BN2S2/c1-5-6-15-36-24-27-50(35(2)28-36)62-52-34-56-44(42-19-10-13-22-54(42)64-56)32-49(52)61-58-53(62)33-45-43-20-11-14-23-55(43)65-59(45)57(58)46-29-37-16-7-8-17-38(37)30-51(46)63(61)39-25-26-41-40-18-9-12-21-47(40)60(3,4)48(41)31-39/h7-14,16-34H,5-6,15H2,1-4H3. The van der Waals surface area contributed by atoms with E-state index in [4.69, 9.17) is 0 Å². The lowest BCUT2D eigenvalue weighted by Gasteiger charge is -2.46. The summed E-state index contributed by atoms with van der Waals surface area (Å²) in [7, 11) is 0. The molecule has 0 N–H and O–H groups in total. The number of nitrogens with zero attached hydrogens (tertiary/aromatic N) is 2. The van der Waals surface area contributed by atoms with Crippen LogP contribution in [0.25, 0.3) is 73.4 Å². The van der Waals surface area contributed by atoms with Gasteiger partial charge in [-0.05, 0) is 129 Å². The molecule has 65 heavy (non-hydrogen) atoms. The monoisotopic (exact) mass is 868 g/mol. The van der Waals surface area contributed by atoms with Gasteiger partial charge in [0.05, 0.1) is 0 Å². The fourth-order valence-electron chi connectivity index (χ4n) is 12.0. The van der Waals surface area contributed by atoms with Crippen molar-refractivity contribution >= 4 is 120 Å². The highest BCUT2D eigenvalue weighted by Crippen LogP contribution is 2.55. The highest BCUT2D eigenvalue weighted by Gasteiger charge is 2.47. The lowest BCUT2D eigenvalue weighted by atomic mass is 9.43. The smallest absolute Gasteiger partial charge is 0.333 e. The number of unbranched alkanes of at least 4 members (excludes halogenated alkanes) is 1. The first-order valence-electron chi connectivity index (χ1n) is 23.3. The van der Waals surface area contributed by atoms with Gasteiger partial charge in [-0.2, -0.15) is 0 Å². The van der Waals surface area contributed by atoms with E-state index in [0.29, 0.717) is 0 Å². The van der Waals surface area contributed by atoms with Crippen molar-refractivity contribution in [2.75, 3.05) is 9.71 Å². The topological polar surface area (TPSA) is 6.48 Å². The summed E-state index contributed by atoms with van der Waals surface area (Å²) in [6.45, 7) is 9.33. The maximum absolute atomic E-state index is 2.74. The van der Waals surface area contributed by atoms with Crippen LogP contribution >= 0.6 is 22.7 Å². The summed E-state index contributed by atoms with van der Waals surface area (Å²) in [5, 5.41) is 7.84. The Morgan fingerprint density at radius 2 is 1.26 bits per heavy atom. The minimum atomic E-state index is -0.139. The van der Waals surface area contributed by atoms with Crippen LogP contribution in [-0.2, 0) is 11.8 Å². The summed E-state index contributed by atoms with van der Waals surface area (Å²) in [6, 6.07) is 63.4. The molecule has 310 valence electrons. The van der Waals surface area contributed by atoms with E-state index in [0.717, 1.165) is 6.42 Å². The molecule has 2 aromatic heterocycles. The highest BCUT2D eigenvalue weighted by atomic mass is 32.1. The van der Waals surface area contributed by atoms with E-state index in [1.54, 1.807) is 0 Å². The van der Waals surface area contributed by atoms with E-state index in [-0.39, 0.29) is 12.3 Å². The van der Waals surface area contributed by atoms with Gasteiger partial charge in [-0.3, -0.25) is 0 Å². The van der Waals surface area contributed by atoms with Crippen molar-refractivity contribution in [1.82, 2.24) is 0 Å². The molecular formula is C60H45BN2S2. The maximum Gasteiger partial charge on any atom is 0.333 e. The minimum absolute atomic E-state index is 0.105. The summed E-state index contributed by atoms with van der Waals surface area (Å²) < 4.78 is 5.35. The quantitative estimate of drug-likeness (QED) is 0.159. The van der Waals surface area contributed by atoms with Gasteiger partial charge in [0.1, 0.15) is 0 Å². The zero-order valence-corrected chi connectivity index (χ0v) is 38.6. The van der Waals surface area contributed by atoms with Crippen LogP contribution in [0.2, 0.25) is 0 Å². The van der Waals surface area contributed by atoms with E-state index in [1.165, 1.54) is 148 Å². The number of aryl methyl sites for hydroxylation is 2. The number of rotatable bonds is 5. The molecule has 0 unspecified atom stereocenters. The van der Waals surface area contributed by atoms with E-state index >= 15 is 0 Å². The van der Waals surface area contributed by atoms with Gasteiger partial charge in [0.2, 0.25) is 0 Å². The number of hydrogen-bond donors (Lipinski definition) is 0. The molecule has 0 saturated carbocycles. The van der Waals surface area contributed by atoms with Gasteiger partial charge in [0.15, 0.2) is 0 Å². The first kappa shape index (κ1) is 37.7. The van der Waals surface area contributed by atoms with Crippen molar-refractivity contribution in [3.63, 3.8) is 0 Å². The first-order chi connectivity index (χ1) is 31.9. The second-order valence-electron chi connectivity index (χ2n) is 19.1. The van der Waals surface area contributed by atoms with Gasteiger partial charge >= 0.3 is 6.85 Å². The molecule has 0 atom stereocenters.